The number of H-pyrrole nitrogens is 1. The number of rotatable bonds is 6. The van der Waals surface area contributed by atoms with E-state index in [4.69, 9.17) is 10.2 Å². The van der Waals surface area contributed by atoms with Gasteiger partial charge in [-0.05, 0) is 29.8 Å². The molecule has 6 heteroatoms. The first-order valence-corrected chi connectivity index (χ1v) is 8.71. The molecule has 0 fully saturated rings. The maximum atomic E-state index is 8.68. The number of hydrogen-bond acceptors (Lipinski definition) is 5. The molecular formula is C21H18N6. The first kappa shape index (κ1) is 16.6. The highest BCUT2D eigenvalue weighted by atomic mass is 15.0. The molecule has 0 aliphatic rings. The fourth-order valence-corrected chi connectivity index (χ4v) is 2.90. The Balaban J connectivity index is 1.65. The maximum absolute atomic E-state index is 8.68. The molecule has 0 saturated heterocycles. The molecule has 0 aliphatic carbocycles. The van der Waals surface area contributed by atoms with Gasteiger partial charge in [0.15, 0.2) is 5.65 Å². The van der Waals surface area contributed by atoms with Gasteiger partial charge in [-0.3, -0.25) is 0 Å². The summed E-state index contributed by atoms with van der Waals surface area (Å²) in [6.07, 6.45) is 4.11. The maximum Gasteiger partial charge on any atom is 0.156 e. The van der Waals surface area contributed by atoms with Crippen molar-refractivity contribution < 1.29 is 0 Å². The Hall–Kier alpha value is -3.85. The molecule has 4 aromatic rings. The number of nitriles is 1. The van der Waals surface area contributed by atoms with Crippen LogP contribution in [0.25, 0.3) is 22.3 Å². The summed E-state index contributed by atoms with van der Waals surface area (Å²) in [4.78, 5) is 12.4. The molecule has 27 heavy (non-hydrogen) atoms. The molecule has 0 amide bonds. The standard InChI is InChI=1S/C21H18N6/c22-10-5-11-23-17-9-4-6-15(12-17)18-13-24-21-20(18)27-19(14-25-21)26-16-7-2-1-3-8-16/h1-4,6-9,12-14,23H,5,11H2,(H,24,25)(H,26,27). The molecule has 0 unspecified atom stereocenters. The van der Waals surface area contributed by atoms with Gasteiger partial charge in [0, 0.05) is 29.7 Å². The zero-order chi connectivity index (χ0) is 18.5. The van der Waals surface area contributed by atoms with Crippen molar-refractivity contribution in [3.8, 4) is 17.2 Å². The van der Waals surface area contributed by atoms with E-state index in [1.54, 1.807) is 6.20 Å². The molecule has 0 radical (unpaired) electrons. The van der Waals surface area contributed by atoms with Gasteiger partial charge >= 0.3 is 0 Å². The summed E-state index contributed by atoms with van der Waals surface area (Å²) >= 11 is 0. The van der Waals surface area contributed by atoms with Crippen molar-refractivity contribution in [1.82, 2.24) is 15.0 Å². The lowest BCUT2D eigenvalue weighted by atomic mass is 10.1. The van der Waals surface area contributed by atoms with Gasteiger partial charge in [-0.1, -0.05) is 30.3 Å². The minimum Gasteiger partial charge on any atom is -0.384 e. The van der Waals surface area contributed by atoms with Crippen molar-refractivity contribution >= 4 is 28.4 Å². The van der Waals surface area contributed by atoms with Crippen LogP contribution in [0.1, 0.15) is 6.42 Å². The second kappa shape index (κ2) is 7.58. The lowest BCUT2D eigenvalue weighted by Gasteiger charge is -2.07. The Morgan fingerprint density at radius 2 is 1.89 bits per heavy atom. The zero-order valence-electron chi connectivity index (χ0n) is 14.6. The van der Waals surface area contributed by atoms with Crippen LogP contribution in [0.4, 0.5) is 17.2 Å². The van der Waals surface area contributed by atoms with E-state index in [0.29, 0.717) is 18.8 Å². The van der Waals surface area contributed by atoms with Gasteiger partial charge in [0.2, 0.25) is 0 Å². The normalized spacial score (nSPS) is 10.5. The van der Waals surface area contributed by atoms with Crippen molar-refractivity contribution in [3.63, 3.8) is 0 Å². The van der Waals surface area contributed by atoms with Gasteiger partial charge in [-0.25, -0.2) is 9.97 Å². The fraction of sp³-hybridized carbons (Fsp3) is 0.0952. The van der Waals surface area contributed by atoms with Crippen molar-refractivity contribution in [2.75, 3.05) is 17.2 Å². The van der Waals surface area contributed by atoms with Crippen molar-refractivity contribution in [3.05, 3.63) is 67.0 Å². The summed E-state index contributed by atoms with van der Waals surface area (Å²) in [5.41, 5.74) is 5.51. The van der Waals surface area contributed by atoms with Crippen molar-refractivity contribution in [1.29, 1.82) is 5.26 Å². The number of hydrogen-bond donors (Lipinski definition) is 3. The summed E-state index contributed by atoms with van der Waals surface area (Å²) in [6, 6.07) is 20.1. The van der Waals surface area contributed by atoms with Gasteiger partial charge in [0.05, 0.1) is 18.7 Å². The molecule has 132 valence electrons. The third-order valence-corrected chi connectivity index (χ3v) is 4.17. The van der Waals surface area contributed by atoms with Crippen LogP contribution in [-0.2, 0) is 0 Å². The molecule has 0 aliphatic heterocycles. The molecule has 2 heterocycles. The Morgan fingerprint density at radius 3 is 2.74 bits per heavy atom. The molecule has 3 N–H and O–H groups in total. The van der Waals surface area contributed by atoms with Crippen LogP contribution >= 0.6 is 0 Å². The predicted molar refractivity (Wildman–Crippen MR) is 108 cm³/mol. The second-order valence-corrected chi connectivity index (χ2v) is 6.06. The Labute approximate surface area is 156 Å². The number of para-hydroxylation sites is 1. The van der Waals surface area contributed by atoms with Crippen LogP contribution in [0.2, 0.25) is 0 Å². The molecule has 6 nitrogen and oxygen atoms in total. The second-order valence-electron chi connectivity index (χ2n) is 6.06. The topological polar surface area (TPSA) is 89.4 Å². The van der Waals surface area contributed by atoms with E-state index in [9.17, 15) is 0 Å². The lowest BCUT2D eigenvalue weighted by Crippen LogP contribution is -2.00. The smallest absolute Gasteiger partial charge is 0.156 e. The number of aromatic amines is 1. The highest BCUT2D eigenvalue weighted by Gasteiger charge is 2.10. The van der Waals surface area contributed by atoms with Crippen molar-refractivity contribution in [2.45, 2.75) is 6.42 Å². The monoisotopic (exact) mass is 354 g/mol. The van der Waals surface area contributed by atoms with E-state index in [1.807, 2.05) is 54.7 Å². The van der Waals surface area contributed by atoms with E-state index >= 15 is 0 Å². The first-order valence-electron chi connectivity index (χ1n) is 8.71. The predicted octanol–water partition coefficient (Wildman–Crippen LogP) is 4.69. The molecule has 2 aromatic heterocycles. The van der Waals surface area contributed by atoms with Gasteiger partial charge < -0.3 is 15.6 Å². The highest BCUT2D eigenvalue weighted by Crippen LogP contribution is 2.29. The molecule has 0 bridgehead atoms. The Kier molecular flexibility index (Phi) is 4.66. The van der Waals surface area contributed by atoms with E-state index in [2.05, 4.69) is 32.7 Å². The summed E-state index contributed by atoms with van der Waals surface area (Å²) in [5, 5.41) is 15.2. The quantitative estimate of drug-likeness (QED) is 0.437. The summed E-state index contributed by atoms with van der Waals surface area (Å²) < 4.78 is 0. The molecule has 0 saturated carbocycles. The number of anilines is 3. The van der Waals surface area contributed by atoms with Gasteiger partial charge in [-0.15, -0.1) is 0 Å². The average Bonchev–Trinajstić information content (AvgIpc) is 3.13. The van der Waals surface area contributed by atoms with Crippen LogP contribution in [0.5, 0.6) is 0 Å². The largest absolute Gasteiger partial charge is 0.384 e. The number of aromatic nitrogens is 3. The lowest BCUT2D eigenvalue weighted by molar-refractivity contribution is 1.08. The number of nitrogens with zero attached hydrogens (tertiary/aromatic N) is 3. The third-order valence-electron chi connectivity index (χ3n) is 4.17. The summed E-state index contributed by atoms with van der Waals surface area (Å²) in [6.45, 7) is 0.624. The van der Waals surface area contributed by atoms with Crippen molar-refractivity contribution in [2.24, 2.45) is 0 Å². The molecule has 0 spiro atoms. The first-order chi connectivity index (χ1) is 13.3. The highest BCUT2D eigenvalue weighted by molar-refractivity contribution is 5.91. The van der Waals surface area contributed by atoms with E-state index in [1.165, 1.54) is 0 Å². The Morgan fingerprint density at radius 1 is 1.04 bits per heavy atom. The minimum atomic E-state index is 0.470. The van der Waals surface area contributed by atoms with E-state index < -0.39 is 0 Å². The molecule has 4 rings (SSSR count). The van der Waals surface area contributed by atoms with Crippen LogP contribution in [0, 0.1) is 11.3 Å². The van der Waals surface area contributed by atoms with Crippen LogP contribution < -0.4 is 10.6 Å². The Bertz CT molecular complexity index is 1090. The fourth-order valence-electron chi connectivity index (χ4n) is 2.90. The van der Waals surface area contributed by atoms with Gasteiger partial charge in [0.25, 0.3) is 0 Å². The SMILES string of the molecule is N#CCCNc1cccc(-c2c[nH]c3ncc(Nc4ccccc4)nc23)c1. The number of nitrogens with one attached hydrogen (secondary N) is 3. The van der Waals surface area contributed by atoms with E-state index in [-0.39, 0.29) is 0 Å². The third kappa shape index (κ3) is 3.72. The molecular weight excluding hydrogens is 336 g/mol. The average molecular weight is 354 g/mol. The number of benzene rings is 2. The van der Waals surface area contributed by atoms with Gasteiger partial charge in [0.1, 0.15) is 11.3 Å². The van der Waals surface area contributed by atoms with Gasteiger partial charge in [-0.2, -0.15) is 5.26 Å². The number of fused-ring (bicyclic) bond motifs is 1. The van der Waals surface area contributed by atoms with Crippen LogP contribution in [0.15, 0.2) is 67.0 Å². The zero-order valence-corrected chi connectivity index (χ0v) is 14.6. The molecule has 2 aromatic carbocycles. The van der Waals surface area contributed by atoms with E-state index in [0.717, 1.165) is 33.7 Å². The summed E-state index contributed by atoms with van der Waals surface area (Å²) in [5.74, 6) is 0.692. The van der Waals surface area contributed by atoms with Crippen LogP contribution in [-0.4, -0.2) is 21.5 Å². The molecule has 0 atom stereocenters. The minimum absolute atomic E-state index is 0.470. The summed E-state index contributed by atoms with van der Waals surface area (Å²) in [7, 11) is 0. The van der Waals surface area contributed by atoms with Crippen LogP contribution in [0.3, 0.4) is 0 Å².